The molecule has 2 rings (SSSR count). The summed E-state index contributed by atoms with van der Waals surface area (Å²) in [5, 5.41) is 5.65. The highest BCUT2D eigenvalue weighted by molar-refractivity contribution is 6.32. The number of carbonyl (C=O) groups is 2. The van der Waals surface area contributed by atoms with Crippen LogP contribution in [0, 0.1) is 6.92 Å². The molecule has 0 aliphatic heterocycles. The SMILES string of the molecule is COc1cc(NC(=O)CC(=O)Nc2ccc(C)cc2)c(OC)cc1Cl. The summed E-state index contributed by atoms with van der Waals surface area (Å²) in [4.78, 5) is 24.1. The van der Waals surface area contributed by atoms with Crippen molar-refractivity contribution in [3.05, 3.63) is 47.0 Å². The predicted molar refractivity (Wildman–Crippen MR) is 97.6 cm³/mol. The molecule has 0 spiro atoms. The summed E-state index contributed by atoms with van der Waals surface area (Å²) in [5.74, 6) is -0.131. The molecule has 0 atom stereocenters. The first kappa shape index (κ1) is 18.6. The molecule has 25 heavy (non-hydrogen) atoms. The lowest BCUT2D eigenvalue weighted by atomic mass is 10.2. The number of anilines is 2. The maximum Gasteiger partial charge on any atom is 0.233 e. The van der Waals surface area contributed by atoms with Crippen LogP contribution in [-0.2, 0) is 9.59 Å². The van der Waals surface area contributed by atoms with Crippen molar-refractivity contribution in [2.75, 3.05) is 24.9 Å². The Morgan fingerprint density at radius 2 is 1.56 bits per heavy atom. The average molecular weight is 363 g/mol. The van der Waals surface area contributed by atoms with E-state index in [1.807, 2.05) is 19.1 Å². The van der Waals surface area contributed by atoms with Crippen molar-refractivity contribution < 1.29 is 19.1 Å². The van der Waals surface area contributed by atoms with Crippen LogP contribution >= 0.6 is 11.6 Å². The van der Waals surface area contributed by atoms with Crippen LogP contribution in [0.3, 0.4) is 0 Å². The van der Waals surface area contributed by atoms with Gasteiger partial charge in [-0.15, -0.1) is 0 Å². The van der Waals surface area contributed by atoms with Crippen molar-refractivity contribution >= 4 is 34.8 Å². The Balaban J connectivity index is 2.02. The molecule has 2 N–H and O–H groups in total. The van der Waals surface area contributed by atoms with Crippen LogP contribution in [-0.4, -0.2) is 26.0 Å². The first-order valence-corrected chi connectivity index (χ1v) is 7.88. The monoisotopic (exact) mass is 362 g/mol. The van der Waals surface area contributed by atoms with E-state index in [0.29, 0.717) is 27.9 Å². The van der Waals surface area contributed by atoms with Crippen LogP contribution < -0.4 is 20.1 Å². The summed E-state index contributed by atoms with van der Waals surface area (Å²) < 4.78 is 10.3. The number of rotatable bonds is 6. The van der Waals surface area contributed by atoms with Gasteiger partial charge in [-0.3, -0.25) is 9.59 Å². The van der Waals surface area contributed by atoms with Crippen LogP contribution in [0.4, 0.5) is 11.4 Å². The van der Waals surface area contributed by atoms with E-state index < -0.39 is 11.8 Å². The molecule has 0 bridgehead atoms. The number of hydrogen-bond donors (Lipinski definition) is 2. The Hall–Kier alpha value is -2.73. The van der Waals surface area contributed by atoms with E-state index >= 15 is 0 Å². The van der Waals surface area contributed by atoms with Crippen molar-refractivity contribution in [1.29, 1.82) is 0 Å². The fourth-order valence-corrected chi connectivity index (χ4v) is 2.37. The third-order valence-corrected chi connectivity index (χ3v) is 3.70. The van der Waals surface area contributed by atoms with Crippen LogP contribution in [0.5, 0.6) is 11.5 Å². The first-order chi connectivity index (χ1) is 11.9. The van der Waals surface area contributed by atoms with E-state index in [1.165, 1.54) is 26.4 Å². The minimum atomic E-state index is -0.479. The summed E-state index contributed by atoms with van der Waals surface area (Å²) in [6, 6.07) is 10.4. The standard InChI is InChI=1S/C18H19ClN2O4/c1-11-4-6-12(7-5-11)20-17(22)10-18(23)21-14-9-15(24-2)13(19)8-16(14)25-3/h4-9H,10H2,1-3H3,(H,20,22)(H,21,23). The molecule has 7 heteroatoms. The van der Waals surface area contributed by atoms with Crippen molar-refractivity contribution in [2.24, 2.45) is 0 Å². The molecule has 0 saturated carbocycles. The molecule has 0 aliphatic carbocycles. The fourth-order valence-electron chi connectivity index (χ4n) is 2.14. The molecule has 0 radical (unpaired) electrons. The van der Waals surface area contributed by atoms with E-state index in [2.05, 4.69) is 10.6 Å². The normalized spacial score (nSPS) is 10.1. The van der Waals surface area contributed by atoms with E-state index in [-0.39, 0.29) is 6.42 Å². The lowest BCUT2D eigenvalue weighted by Gasteiger charge is -2.13. The van der Waals surface area contributed by atoms with E-state index in [1.54, 1.807) is 12.1 Å². The summed E-state index contributed by atoms with van der Waals surface area (Å²) in [6.45, 7) is 1.95. The lowest BCUT2D eigenvalue weighted by Crippen LogP contribution is -2.21. The molecule has 0 aliphatic rings. The topological polar surface area (TPSA) is 76.7 Å². The van der Waals surface area contributed by atoms with Gasteiger partial charge < -0.3 is 20.1 Å². The van der Waals surface area contributed by atoms with Crippen LogP contribution in [0.1, 0.15) is 12.0 Å². The van der Waals surface area contributed by atoms with Gasteiger partial charge in [-0.2, -0.15) is 0 Å². The lowest BCUT2D eigenvalue weighted by molar-refractivity contribution is -0.123. The highest BCUT2D eigenvalue weighted by atomic mass is 35.5. The Morgan fingerprint density at radius 3 is 2.16 bits per heavy atom. The third-order valence-electron chi connectivity index (χ3n) is 3.40. The van der Waals surface area contributed by atoms with Crippen molar-refractivity contribution in [2.45, 2.75) is 13.3 Å². The maximum atomic E-state index is 12.1. The number of hydrogen-bond acceptors (Lipinski definition) is 4. The second kappa shape index (κ2) is 8.39. The zero-order chi connectivity index (χ0) is 18.4. The average Bonchev–Trinajstić information content (AvgIpc) is 2.57. The molecule has 0 saturated heterocycles. The quantitative estimate of drug-likeness (QED) is 0.769. The summed E-state index contributed by atoms with van der Waals surface area (Å²) >= 11 is 6.02. The smallest absolute Gasteiger partial charge is 0.233 e. The van der Waals surface area contributed by atoms with Gasteiger partial charge in [0, 0.05) is 17.8 Å². The third kappa shape index (κ3) is 5.12. The number of amides is 2. The van der Waals surface area contributed by atoms with Gasteiger partial charge in [0.25, 0.3) is 0 Å². The molecular weight excluding hydrogens is 344 g/mol. The molecule has 6 nitrogen and oxygen atoms in total. The summed E-state index contributed by atoms with van der Waals surface area (Å²) in [7, 11) is 2.92. The van der Waals surface area contributed by atoms with Gasteiger partial charge in [0.1, 0.15) is 17.9 Å². The van der Waals surface area contributed by atoms with Crippen LogP contribution in [0.2, 0.25) is 5.02 Å². The minimum Gasteiger partial charge on any atom is -0.495 e. The Labute approximate surface area is 151 Å². The Morgan fingerprint density at radius 1 is 0.960 bits per heavy atom. The highest BCUT2D eigenvalue weighted by Crippen LogP contribution is 2.35. The van der Waals surface area contributed by atoms with E-state index in [4.69, 9.17) is 21.1 Å². The highest BCUT2D eigenvalue weighted by Gasteiger charge is 2.15. The number of halogens is 1. The summed E-state index contributed by atoms with van der Waals surface area (Å²) in [6.07, 6.45) is -0.331. The van der Waals surface area contributed by atoms with Crippen molar-refractivity contribution in [3.63, 3.8) is 0 Å². The van der Waals surface area contributed by atoms with Crippen molar-refractivity contribution in [1.82, 2.24) is 0 Å². The molecule has 2 aromatic carbocycles. The number of carbonyl (C=O) groups excluding carboxylic acids is 2. The Kier molecular flexibility index (Phi) is 6.25. The molecule has 132 valence electrons. The first-order valence-electron chi connectivity index (χ1n) is 7.51. The van der Waals surface area contributed by atoms with Gasteiger partial charge in [-0.1, -0.05) is 29.3 Å². The molecular formula is C18H19ClN2O4. The number of benzene rings is 2. The number of ether oxygens (including phenoxy) is 2. The van der Waals surface area contributed by atoms with Gasteiger partial charge in [0.05, 0.1) is 24.9 Å². The molecule has 0 heterocycles. The molecule has 0 fully saturated rings. The second-order valence-corrected chi connectivity index (χ2v) is 5.73. The molecule has 2 amide bonds. The maximum absolute atomic E-state index is 12.1. The van der Waals surface area contributed by atoms with Gasteiger partial charge in [0.2, 0.25) is 11.8 Å². The van der Waals surface area contributed by atoms with Gasteiger partial charge in [-0.05, 0) is 19.1 Å². The van der Waals surface area contributed by atoms with E-state index in [0.717, 1.165) is 5.56 Å². The largest absolute Gasteiger partial charge is 0.495 e. The molecule has 0 aromatic heterocycles. The zero-order valence-electron chi connectivity index (χ0n) is 14.2. The Bertz CT molecular complexity index is 775. The summed E-state index contributed by atoms with van der Waals surface area (Å²) in [5.41, 5.74) is 2.09. The number of aryl methyl sites for hydroxylation is 1. The minimum absolute atomic E-state index is 0.331. The second-order valence-electron chi connectivity index (χ2n) is 5.33. The molecule has 2 aromatic rings. The zero-order valence-corrected chi connectivity index (χ0v) is 14.9. The molecule has 0 unspecified atom stereocenters. The number of nitrogens with one attached hydrogen (secondary N) is 2. The van der Waals surface area contributed by atoms with Gasteiger partial charge in [0.15, 0.2) is 0 Å². The van der Waals surface area contributed by atoms with Gasteiger partial charge >= 0.3 is 0 Å². The van der Waals surface area contributed by atoms with Crippen LogP contribution in [0.15, 0.2) is 36.4 Å². The van der Waals surface area contributed by atoms with E-state index in [9.17, 15) is 9.59 Å². The van der Waals surface area contributed by atoms with Crippen LogP contribution in [0.25, 0.3) is 0 Å². The van der Waals surface area contributed by atoms with Gasteiger partial charge in [-0.25, -0.2) is 0 Å². The number of methoxy groups -OCH3 is 2. The van der Waals surface area contributed by atoms with Crippen molar-refractivity contribution in [3.8, 4) is 11.5 Å². The predicted octanol–water partition coefficient (Wildman–Crippen LogP) is 3.63. The fraction of sp³-hybridized carbons (Fsp3) is 0.222.